The molecule has 138 valence electrons. The zero-order valence-electron chi connectivity index (χ0n) is 14.4. The average Bonchev–Trinajstić information content (AvgIpc) is 2.57. The fourth-order valence-electron chi connectivity index (χ4n) is 2.99. The van der Waals surface area contributed by atoms with Crippen molar-refractivity contribution in [1.82, 2.24) is 0 Å². The van der Waals surface area contributed by atoms with Gasteiger partial charge in [-0.3, -0.25) is 14.3 Å². The van der Waals surface area contributed by atoms with E-state index in [-0.39, 0.29) is 17.6 Å². The molecule has 7 nitrogen and oxygen atoms in total. The summed E-state index contributed by atoms with van der Waals surface area (Å²) in [6.07, 6.45) is 2.38. The second-order valence-corrected chi connectivity index (χ2v) is 8.43. The summed E-state index contributed by atoms with van der Waals surface area (Å²) < 4.78 is 25.8. The minimum Gasteiger partial charge on any atom is -0.481 e. The highest BCUT2D eigenvalue weighted by Gasteiger charge is 2.31. The first-order valence-corrected chi connectivity index (χ1v) is 10.0. The molecule has 25 heavy (non-hydrogen) atoms. The van der Waals surface area contributed by atoms with Gasteiger partial charge in [0, 0.05) is 11.6 Å². The lowest BCUT2D eigenvalue weighted by Gasteiger charge is -2.25. The van der Waals surface area contributed by atoms with Crippen LogP contribution in [0.25, 0.3) is 0 Å². The molecule has 3 N–H and O–H groups in total. The van der Waals surface area contributed by atoms with E-state index in [1.54, 1.807) is 32.0 Å². The lowest BCUT2D eigenvalue weighted by Crippen LogP contribution is -2.30. The summed E-state index contributed by atoms with van der Waals surface area (Å²) >= 11 is 0. The van der Waals surface area contributed by atoms with Crippen LogP contribution in [0.5, 0.6) is 0 Å². The molecular formula is C17H24N2O5S. The van der Waals surface area contributed by atoms with E-state index in [2.05, 4.69) is 10.0 Å². The Morgan fingerprint density at radius 1 is 1.24 bits per heavy atom. The van der Waals surface area contributed by atoms with Gasteiger partial charge in [0.15, 0.2) is 0 Å². The summed E-state index contributed by atoms with van der Waals surface area (Å²) in [4.78, 5) is 23.5. The number of carboxylic acid groups (broad SMARTS) is 1. The molecular weight excluding hydrogens is 344 g/mol. The molecule has 1 fully saturated rings. The van der Waals surface area contributed by atoms with Crippen LogP contribution in [0.3, 0.4) is 0 Å². The number of aryl methyl sites for hydroxylation is 1. The molecule has 1 aromatic carbocycles. The maximum atomic E-state index is 12.4. The molecule has 0 saturated heterocycles. The van der Waals surface area contributed by atoms with E-state index >= 15 is 0 Å². The lowest BCUT2D eigenvalue weighted by molar-refractivity contribution is -0.143. The van der Waals surface area contributed by atoms with E-state index in [9.17, 15) is 18.0 Å². The number of benzene rings is 1. The number of aliphatic carboxylic acids is 1. The highest BCUT2D eigenvalue weighted by Crippen LogP contribution is 2.30. The number of nitrogens with one attached hydrogen (secondary N) is 2. The molecule has 1 saturated carbocycles. The van der Waals surface area contributed by atoms with Crippen molar-refractivity contribution < 1.29 is 23.1 Å². The van der Waals surface area contributed by atoms with Gasteiger partial charge in [-0.1, -0.05) is 6.42 Å². The number of amides is 1. The fraction of sp³-hybridized carbons (Fsp3) is 0.529. The quantitative estimate of drug-likeness (QED) is 0.714. The number of hydrogen-bond donors (Lipinski definition) is 3. The Balaban J connectivity index is 2.04. The fourth-order valence-corrected chi connectivity index (χ4v) is 3.70. The van der Waals surface area contributed by atoms with E-state index in [1.807, 2.05) is 0 Å². The number of rotatable bonds is 6. The molecule has 2 atom stereocenters. The number of anilines is 2. The van der Waals surface area contributed by atoms with Crippen molar-refractivity contribution in [3.05, 3.63) is 23.8 Å². The van der Waals surface area contributed by atoms with Gasteiger partial charge >= 0.3 is 5.97 Å². The van der Waals surface area contributed by atoms with Crippen molar-refractivity contribution in [2.45, 2.75) is 39.5 Å². The van der Waals surface area contributed by atoms with Gasteiger partial charge in [-0.15, -0.1) is 0 Å². The maximum Gasteiger partial charge on any atom is 0.306 e. The average molecular weight is 368 g/mol. The van der Waals surface area contributed by atoms with Crippen LogP contribution in [0.4, 0.5) is 11.4 Å². The molecule has 1 aliphatic rings. The summed E-state index contributed by atoms with van der Waals surface area (Å²) in [5, 5.41) is 11.9. The summed E-state index contributed by atoms with van der Waals surface area (Å²) in [7, 11) is -3.36. The third kappa shape index (κ3) is 5.19. The first kappa shape index (κ1) is 19.2. The normalized spacial score (nSPS) is 20.7. The summed E-state index contributed by atoms with van der Waals surface area (Å²) in [6.45, 7) is 3.31. The highest BCUT2D eigenvalue weighted by molar-refractivity contribution is 7.92. The second kappa shape index (κ2) is 7.86. The molecule has 0 aliphatic heterocycles. The van der Waals surface area contributed by atoms with Crippen molar-refractivity contribution in [3.63, 3.8) is 0 Å². The topological polar surface area (TPSA) is 113 Å². The van der Waals surface area contributed by atoms with E-state index in [0.717, 1.165) is 6.42 Å². The molecule has 1 aliphatic carbocycles. The molecule has 1 amide bonds. The van der Waals surface area contributed by atoms with Crippen molar-refractivity contribution in [3.8, 4) is 0 Å². The molecule has 2 unspecified atom stereocenters. The van der Waals surface area contributed by atoms with Crippen LogP contribution < -0.4 is 10.0 Å². The smallest absolute Gasteiger partial charge is 0.306 e. The van der Waals surface area contributed by atoms with Crippen LogP contribution in [0, 0.1) is 18.8 Å². The van der Waals surface area contributed by atoms with Crippen LogP contribution in [0.15, 0.2) is 18.2 Å². The number of carbonyl (C=O) groups is 2. The Labute approximate surface area is 147 Å². The predicted molar refractivity (Wildman–Crippen MR) is 96.0 cm³/mol. The molecule has 0 bridgehead atoms. The van der Waals surface area contributed by atoms with Gasteiger partial charge in [-0.25, -0.2) is 8.42 Å². The van der Waals surface area contributed by atoms with E-state index in [4.69, 9.17) is 5.11 Å². The van der Waals surface area contributed by atoms with E-state index in [0.29, 0.717) is 36.2 Å². The van der Waals surface area contributed by atoms with E-state index in [1.165, 1.54) is 0 Å². The first-order chi connectivity index (χ1) is 11.7. The van der Waals surface area contributed by atoms with Crippen molar-refractivity contribution in [2.75, 3.05) is 15.8 Å². The highest BCUT2D eigenvalue weighted by atomic mass is 32.2. The first-order valence-electron chi connectivity index (χ1n) is 8.36. The minimum absolute atomic E-state index is 0.0165. The molecule has 1 aromatic rings. The summed E-state index contributed by atoms with van der Waals surface area (Å²) in [5.41, 5.74) is 1.74. The maximum absolute atomic E-state index is 12.4. The number of carboxylic acids is 1. The predicted octanol–water partition coefficient (Wildman–Crippen LogP) is 2.59. The van der Waals surface area contributed by atoms with Gasteiger partial charge in [0.2, 0.25) is 15.9 Å². The molecule has 0 spiro atoms. The molecule has 2 rings (SSSR count). The van der Waals surface area contributed by atoms with Crippen LogP contribution in [0.2, 0.25) is 0 Å². The Morgan fingerprint density at radius 3 is 2.52 bits per heavy atom. The second-order valence-electron chi connectivity index (χ2n) is 6.42. The molecule has 0 radical (unpaired) electrons. The Morgan fingerprint density at radius 2 is 1.92 bits per heavy atom. The molecule has 0 aromatic heterocycles. The molecule has 8 heteroatoms. The standard InChI is InChI=1S/C17H24N2O5S/c1-3-25(23,24)19-15-8-7-14(9-11(15)2)18-16(20)12-5-4-6-13(10-12)17(21)22/h7-9,12-13,19H,3-6,10H2,1-2H3,(H,18,20)(H,21,22). The lowest BCUT2D eigenvalue weighted by atomic mass is 9.81. The Hall–Kier alpha value is -2.09. The zero-order chi connectivity index (χ0) is 18.6. The monoisotopic (exact) mass is 368 g/mol. The van der Waals surface area contributed by atoms with Crippen LogP contribution in [0.1, 0.15) is 38.2 Å². The van der Waals surface area contributed by atoms with Gasteiger partial charge in [0.25, 0.3) is 0 Å². The largest absolute Gasteiger partial charge is 0.481 e. The van der Waals surface area contributed by atoms with Gasteiger partial charge in [0.1, 0.15) is 0 Å². The van der Waals surface area contributed by atoms with Gasteiger partial charge < -0.3 is 10.4 Å². The van der Waals surface area contributed by atoms with Gasteiger partial charge in [-0.05, 0) is 56.9 Å². The van der Waals surface area contributed by atoms with Crippen molar-refractivity contribution in [2.24, 2.45) is 11.8 Å². The third-order valence-corrected chi connectivity index (χ3v) is 5.82. The van der Waals surface area contributed by atoms with Gasteiger partial charge in [0.05, 0.1) is 17.4 Å². The SMILES string of the molecule is CCS(=O)(=O)Nc1ccc(NC(=O)C2CCCC(C(=O)O)C2)cc1C. The minimum atomic E-state index is -3.36. The zero-order valence-corrected chi connectivity index (χ0v) is 15.2. The summed E-state index contributed by atoms with van der Waals surface area (Å²) in [5.74, 6) is -1.82. The Bertz CT molecular complexity index is 760. The number of hydrogen-bond acceptors (Lipinski definition) is 4. The van der Waals surface area contributed by atoms with Crippen LogP contribution in [-0.2, 0) is 19.6 Å². The van der Waals surface area contributed by atoms with Gasteiger partial charge in [-0.2, -0.15) is 0 Å². The number of carbonyl (C=O) groups excluding carboxylic acids is 1. The van der Waals surface area contributed by atoms with Crippen molar-refractivity contribution >= 4 is 33.3 Å². The van der Waals surface area contributed by atoms with Crippen LogP contribution >= 0.6 is 0 Å². The Kier molecular flexibility index (Phi) is 6.05. The van der Waals surface area contributed by atoms with Crippen molar-refractivity contribution in [1.29, 1.82) is 0 Å². The number of sulfonamides is 1. The summed E-state index contributed by atoms with van der Waals surface area (Å²) in [6, 6.07) is 4.94. The van der Waals surface area contributed by atoms with E-state index < -0.39 is 21.9 Å². The van der Waals surface area contributed by atoms with Crippen LogP contribution in [-0.4, -0.2) is 31.2 Å². The molecule has 0 heterocycles. The third-order valence-electron chi connectivity index (χ3n) is 4.53.